The molecule has 2 heteroatoms. The highest BCUT2D eigenvalue weighted by Gasteiger charge is 2.54. The zero-order valence-electron chi connectivity index (χ0n) is 16.4. The fourth-order valence-electron chi connectivity index (χ4n) is 5.13. The second-order valence-electron chi connectivity index (χ2n) is 7.99. The third-order valence-corrected chi connectivity index (χ3v) is 6.44. The third kappa shape index (κ3) is 3.58. The number of benzene rings is 2. The summed E-state index contributed by atoms with van der Waals surface area (Å²) >= 11 is 0. The second kappa shape index (κ2) is 8.37. The Kier molecular flexibility index (Phi) is 6.16. The van der Waals surface area contributed by atoms with Gasteiger partial charge in [0.05, 0.1) is 5.60 Å². The minimum Gasteiger partial charge on any atom is -0.389 e. The van der Waals surface area contributed by atoms with E-state index in [0.29, 0.717) is 6.04 Å². The van der Waals surface area contributed by atoms with Gasteiger partial charge in [0.15, 0.2) is 0 Å². The smallest absolute Gasteiger partial charge is 0.118 e. The first-order valence-corrected chi connectivity index (χ1v) is 10.3. The largest absolute Gasteiger partial charge is 0.389 e. The normalized spacial score (nSPS) is 31.7. The number of nitrogens with two attached hydrogens (primary N) is 1. The molecule has 0 spiro atoms. The summed E-state index contributed by atoms with van der Waals surface area (Å²) in [6.07, 6.45) is 4.07. The molecule has 0 amide bonds. The van der Waals surface area contributed by atoms with E-state index in [1.165, 1.54) is 11.1 Å². The van der Waals surface area contributed by atoms with Crippen LogP contribution in [0.2, 0.25) is 0 Å². The predicted octanol–water partition coefficient (Wildman–Crippen LogP) is 4.63. The van der Waals surface area contributed by atoms with Crippen LogP contribution in [0.1, 0.15) is 69.7 Å². The Morgan fingerprint density at radius 3 is 1.88 bits per heavy atom. The van der Waals surface area contributed by atoms with Crippen LogP contribution in [0.15, 0.2) is 60.7 Å². The molecule has 2 aromatic rings. The first kappa shape index (κ1) is 19.1. The van der Waals surface area contributed by atoms with Gasteiger partial charge in [-0.25, -0.2) is 0 Å². The average molecular weight is 353 g/mol. The van der Waals surface area contributed by atoms with E-state index in [1.54, 1.807) is 0 Å². The van der Waals surface area contributed by atoms with E-state index in [0.717, 1.165) is 25.7 Å². The lowest BCUT2D eigenvalue weighted by Gasteiger charge is -2.50. The van der Waals surface area contributed by atoms with Crippen molar-refractivity contribution in [2.75, 3.05) is 0 Å². The molecule has 1 fully saturated rings. The number of hydrogen-bond acceptors (Lipinski definition) is 1. The molecule has 2 nitrogen and oxygen atoms in total. The van der Waals surface area contributed by atoms with E-state index in [4.69, 9.17) is 0 Å². The number of rotatable bonds is 6. The molecule has 1 aliphatic heterocycles. The lowest BCUT2D eigenvalue weighted by Crippen LogP contribution is -2.93. The standard InChI is InChI=1S/C24H33NO/c1-4-12-21-23(20-15-10-7-11-16-20)25-22(19-13-8-6-9-14-19)18(3)24(21,26)17-5-2/h6-11,13-16,18,21-23,25-26H,4-5,12,17H2,1-3H3/p+1/t18-,21-,22-,23-,24+/m0/s1. The predicted molar refractivity (Wildman–Crippen MR) is 108 cm³/mol. The fourth-order valence-corrected chi connectivity index (χ4v) is 5.13. The van der Waals surface area contributed by atoms with Crippen molar-refractivity contribution < 1.29 is 10.4 Å². The summed E-state index contributed by atoms with van der Waals surface area (Å²) in [7, 11) is 0. The van der Waals surface area contributed by atoms with Crippen LogP contribution < -0.4 is 5.32 Å². The molecule has 1 heterocycles. The van der Waals surface area contributed by atoms with E-state index >= 15 is 0 Å². The van der Waals surface area contributed by atoms with Crippen LogP contribution in [0.4, 0.5) is 0 Å². The number of piperidine rings is 1. The van der Waals surface area contributed by atoms with Gasteiger partial charge in [-0.15, -0.1) is 0 Å². The highest BCUT2D eigenvalue weighted by molar-refractivity contribution is 5.23. The molecular weight excluding hydrogens is 318 g/mol. The van der Waals surface area contributed by atoms with Crippen LogP contribution >= 0.6 is 0 Å². The zero-order chi connectivity index (χ0) is 18.6. The van der Waals surface area contributed by atoms with Crippen molar-refractivity contribution in [1.82, 2.24) is 0 Å². The van der Waals surface area contributed by atoms with Gasteiger partial charge >= 0.3 is 0 Å². The Morgan fingerprint density at radius 2 is 1.38 bits per heavy atom. The Balaban J connectivity index is 2.06. The molecule has 0 radical (unpaired) electrons. The van der Waals surface area contributed by atoms with Crippen LogP contribution in [0, 0.1) is 11.8 Å². The van der Waals surface area contributed by atoms with Crippen LogP contribution in [-0.4, -0.2) is 10.7 Å². The maximum absolute atomic E-state index is 12.0. The molecule has 1 aliphatic rings. The number of aliphatic hydroxyl groups is 1. The van der Waals surface area contributed by atoms with Gasteiger partial charge in [-0.05, 0) is 12.8 Å². The summed E-state index contributed by atoms with van der Waals surface area (Å²) in [5.74, 6) is 0.506. The van der Waals surface area contributed by atoms with Gasteiger partial charge in [0, 0.05) is 23.0 Å². The SMILES string of the molecule is CCC[C@H]1[C@H](c2ccccc2)[NH2+][C@H](c2ccccc2)[C@H](C)[C@]1(O)CCC. The summed E-state index contributed by atoms with van der Waals surface area (Å²) in [6.45, 7) is 6.69. The highest BCUT2D eigenvalue weighted by Crippen LogP contribution is 2.46. The van der Waals surface area contributed by atoms with Gasteiger partial charge in [0.1, 0.15) is 12.1 Å². The first-order chi connectivity index (χ1) is 12.6. The molecular formula is C24H34NO+. The fraction of sp³-hybridized carbons (Fsp3) is 0.500. The van der Waals surface area contributed by atoms with Crippen molar-refractivity contribution in [2.45, 2.75) is 64.1 Å². The molecule has 3 rings (SSSR count). The Labute approximate surface area is 158 Å². The molecule has 5 atom stereocenters. The summed E-state index contributed by atoms with van der Waals surface area (Å²) < 4.78 is 0. The minimum atomic E-state index is -0.624. The molecule has 0 unspecified atom stereocenters. The minimum absolute atomic E-state index is 0.223. The van der Waals surface area contributed by atoms with Crippen molar-refractivity contribution in [1.29, 1.82) is 0 Å². The summed E-state index contributed by atoms with van der Waals surface area (Å²) in [6, 6.07) is 22.1. The monoisotopic (exact) mass is 352 g/mol. The lowest BCUT2D eigenvalue weighted by atomic mass is 9.62. The van der Waals surface area contributed by atoms with Gasteiger partial charge in [0.25, 0.3) is 0 Å². The van der Waals surface area contributed by atoms with E-state index in [1.807, 2.05) is 0 Å². The lowest BCUT2D eigenvalue weighted by molar-refractivity contribution is -0.765. The van der Waals surface area contributed by atoms with E-state index < -0.39 is 5.60 Å². The maximum atomic E-state index is 12.0. The van der Waals surface area contributed by atoms with E-state index in [-0.39, 0.29) is 17.9 Å². The molecule has 140 valence electrons. The van der Waals surface area contributed by atoms with E-state index in [2.05, 4.69) is 86.8 Å². The molecule has 26 heavy (non-hydrogen) atoms. The molecule has 0 aromatic heterocycles. The van der Waals surface area contributed by atoms with Crippen molar-refractivity contribution >= 4 is 0 Å². The van der Waals surface area contributed by atoms with Crippen LogP contribution in [-0.2, 0) is 0 Å². The van der Waals surface area contributed by atoms with Crippen molar-refractivity contribution in [3.8, 4) is 0 Å². The van der Waals surface area contributed by atoms with Crippen LogP contribution in [0.5, 0.6) is 0 Å². The topological polar surface area (TPSA) is 36.8 Å². The Bertz CT molecular complexity index is 671. The number of hydrogen-bond donors (Lipinski definition) is 2. The summed E-state index contributed by atoms with van der Waals surface area (Å²) in [5, 5.41) is 14.5. The van der Waals surface area contributed by atoms with Crippen molar-refractivity contribution in [3.63, 3.8) is 0 Å². The van der Waals surface area contributed by atoms with Gasteiger partial charge < -0.3 is 10.4 Å². The molecule has 1 saturated heterocycles. The Morgan fingerprint density at radius 1 is 0.846 bits per heavy atom. The highest BCUT2D eigenvalue weighted by atomic mass is 16.3. The summed E-state index contributed by atoms with van der Waals surface area (Å²) in [5.41, 5.74) is 2.04. The van der Waals surface area contributed by atoms with Crippen molar-refractivity contribution in [2.24, 2.45) is 11.8 Å². The third-order valence-electron chi connectivity index (χ3n) is 6.44. The average Bonchev–Trinajstić information content (AvgIpc) is 2.68. The van der Waals surface area contributed by atoms with Gasteiger partial charge in [-0.1, -0.05) is 94.3 Å². The van der Waals surface area contributed by atoms with Gasteiger partial charge in [-0.2, -0.15) is 0 Å². The van der Waals surface area contributed by atoms with E-state index in [9.17, 15) is 5.11 Å². The van der Waals surface area contributed by atoms with Crippen LogP contribution in [0.3, 0.4) is 0 Å². The molecule has 0 aliphatic carbocycles. The van der Waals surface area contributed by atoms with Crippen LogP contribution in [0.25, 0.3) is 0 Å². The zero-order valence-corrected chi connectivity index (χ0v) is 16.4. The van der Waals surface area contributed by atoms with Gasteiger partial charge in [0.2, 0.25) is 0 Å². The van der Waals surface area contributed by atoms with Gasteiger partial charge in [-0.3, -0.25) is 0 Å². The molecule has 0 bridgehead atoms. The quantitative estimate of drug-likeness (QED) is 0.781. The maximum Gasteiger partial charge on any atom is 0.118 e. The molecule has 2 aromatic carbocycles. The first-order valence-electron chi connectivity index (χ1n) is 10.3. The second-order valence-corrected chi connectivity index (χ2v) is 7.99. The summed E-state index contributed by atoms with van der Waals surface area (Å²) in [4.78, 5) is 0. The van der Waals surface area contributed by atoms with Crippen molar-refractivity contribution in [3.05, 3.63) is 71.8 Å². The number of quaternary nitrogens is 1. The molecule has 0 saturated carbocycles. The Hall–Kier alpha value is -1.64. The molecule has 3 N–H and O–H groups in total.